The lowest BCUT2D eigenvalue weighted by molar-refractivity contribution is 0.565. The van der Waals surface area contributed by atoms with Gasteiger partial charge in [0.1, 0.15) is 0 Å². The Hall–Kier alpha value is -1.16. The molecule has 0 fully saturated rings. The van der Waals surface area contributed by atoms with Crippen LogP contribution in [0.25, 0.3) is 25.1 Å². The van der Waals surface area contributed by atoms with Crippen molar-refractivity contribution in [1.29, 1.82) is 0 Å². The molecule has 0 N–H and O–H groups in total. The van der Waals surface area contributed by atoms with Gasteiger partial charge in [0.05, 0.1) is 0 Å². The first-order valence-corrected chi connectivity index (χ1v) is 13.6. The first-order valence-electron chi connectivity index (χ1n) is 11.1. The second-order valence-electron chi connectivity index (χ2n) is 7.95. The van der Waals surface area contributed by atoms with Gasteiger partial charge in [0.2, 0.25) is 0 Å². The molecule has 0 spiro atoms. The van der Waals surface area contributed by atoms with Gasteiger partial charge in [-0.3, -0.25) is 0 Å². The van der Waals surface area contributed by atoms with E-state index in [0.717, 1.165) is 5.57 Å². The summed E-state index contributed by atoms with van der Waals surface area (Å²) in [5, 5.41) is 0. The van der Waals surface area contributed by atoms with Gasteiger partial charge < -0.3 is 0 Å². The van der Waals surface area contributed by atoms with Crippen molar-refractivity contribution in [2.45, 2.75) is 78.1 Å². The molecule has 0 unspecified atom stereocenters. The number of unbranched alkanes of at least 4 members (excludes halogenated alkanes) is 8. The maximum absolute atomic E-state index is 4.06. The zero-order valence-electron chi connectivity index (χ0n) is 18.0. The van der Waals surface area contributed by atoms with Crippen LogP contribution in [0.2, 0.25) is 0 Å². The monoisotopic (exact) mass is 442 g/mol. The van der Waals surface area contributed by atoms with Gasteiger partial charge in [-0.25, -0.2) is 0 Å². The highest BCUT2D eigenvalue weighted by atomic mass is 32.1. The summed E-state index contributed by atoms with van der Waals surface area (Å²) in [4.78, 5) is 8.36. The molecule has 3 aromatic rings. The smallest absolute Gasteiger partial charge is 0.0449 e. The molecule has 0 aliphatic carbocycles. The predicted octanol–water partition coefficient (Wildman–Crippen LogP) is 10.3. The molecule has 0 aliphatic rings. The molecule has 0 saturated heterocycles. The molecule has 3 heteroatoms. The Balaban J connectivity index is 1.43. The van der Waals surface area contributed by atoms with Gasteiger partial charge in [-0.05, 0) is 61.7 Å². The van der Waals surface area contributed by atoms with E-state index in [1.165, 1.54) is 88.6 Å². The molecule has 156 valence electrons. The molecule has 3 rings (SSSR count). The Kier molecular flexibility index (Phi) is 9.23. The molecule has 0 saturated carbocycles. The van der Waals surface area contributed by atoms with E-state index in [4.69, 9.17) is 0 Å². The number of hydrogen-bond acceptors (Lipinski definition) is 3. The maximum atomic E-state index is 4.06. The topological polar surface area (TPSA) is 0 Å². The molecule has 3 aromatic heterocycles. The minimum absolute atomic E-state index is 1.15. The molecule has 0 aromatic carbocycles. The van der Waals surface area contributed by atoms with Gasteiger partial charge in [-0.2, -0.15) is 0 Å². The fourth-order valence-electron chi connectivity index (χ4n) is 3.56. The average molecular weight is 443 g/mol. The van der Waals surface area contributed by atoms with Crippen molar-refractivity contribution in [3.05, 3.63) is 52.7 Å². The molecule has 0 aliphatic heterocycles. The minimum atomic E-state index is 1.15. The lowest BCUT2D eigenvalue weighted by Crippen LogP contribution is -1.83. The van der Waals surface area contributed by atoms with Crippen molar-refractivity contribution in [2.75, 3.05) is 0 Å². The number of allylic oxidation sites excluding steroid dienone is 1. The van der Waals surface area contributed by atoms with Crippen LogP contribution in [0.1, 0.15) is 81.4 Å². The van der Waals surface area contributed by atoms with Crippen molar-refractivity contribution < 1.29 is 0 Å². The van der Waals surface area contributed by atoms with Crippen molar-refractivity contribution in [3.63, 3.8) is 0 Å². The van der Waals surface area contributed by atoms with Crippen LogP contribution >= 0.6 is 34.0 Å². The largest absolute Gasteiger partial charge is 0.139 e. The summed E-state index contributed by atoms with van der Waals surface area (Å²) in [7, 11) is 0. The number of thiophene rings is 3. The number of aryl methyl sites for hydroxylation is 1. The van der Waals surface area contributed by atoms with E-state index < -0.39 is 0 Å². The van der Waals surface area contributed by atoms with E-state index in [9.17, 15) is 0 Å². The average Bonchev–Trinajstić information content (AvgIpc) is 3.46. The Morgan fingerprint density at radius 2 is 1.17 bits per heavy atom. The van der Waals surface area contributed by atoms with Crippen LogP contribution in [0.15, 0.2) is 43.0 Å². The highest BCUT2D eigenvalue weighted by molar-refractivity contribution is 7.26. The SMILES string of the molecule is C=C(C)c1ccc(-c2ccc(-c3ccc(CCCCCCCCCCC)s3)s2)s1. The summed E-state index contributed by atoms with van der Waals surface area (Å²) in [5.74, 6) is 0. The molecule has 0 bridgehead atoms. The quantitative estimate of drug-likeness (QED) is 0.231. The third-order valence-electron chi connectivity index (χ3n) is 5.31. The molecule has 3 heterocycles. The predicted molar refractivity (Wildman–Crippen MR) is 137 cm³/mol. The molecular weight excluding hydrogens is 408 g/mol. The highest BCUT2D eigenvalue weighted by Gasteiger charge is 2.10. The Morgan fingerprint density at radius 1 is 0.655 bits per heavy atom. The molecule has 0 radical (unpaired) electrons. The summed E-state index contributed by atoms with van der Waals surface area (Å²) in [5.41, 5.74) is 1.15. The third-order valence-corrected chi connectivity index (χ3v) is 9.18. The van der Waals surface area contributed by atoms with Crippen LogP contribution in [0.5, 0.6) is 0 Å². The van der Waals surface area contributed by atoms with E-state index >= 15 is 0 Å². The van der Waals surface area contributed by atoms with Crippen molar-refractivity contribution >= 4 is 39.6 Å². The van der Waals surface area contributed by atoms with E-state index in [1.807, 2.05) is 34.0 Å². The summed E-state index contributed by atoms with van der Waals surface area (Å²) in [6, 6.07) is 13.6. The first kappa shape index (κ1) is 22.5. The van der Waals surface area contributed by atoms with Crippen molar-refractivity contribution in [2.24, 2.45) is 0 Å². The fourth-order valence-corrected chi connectivity index (χ4v) is 6.72. The normalized spacial score (nSPS) is 11.2. The van der Waals surface area contributed by atoms with Gasteiger partial charge in [-0.1, -0.05) is 64.9 Å². The molecule has 0 atom stereocenters. The van der Waals surface area contributed by atoms with Crippen LogP contribution in [0.3, 0.4) is 0 Å². The van der Waals surface area contributed by atoms with E-state index in [2.05, 4.69) is 56.8 Å². The lowest BCUT2D eigenvalue weighted by atomic mass is 10.1. The minimum Gasteiger partial charge on any atom is -0.139 e. The standard InChI is InChI=1S/C26H34S3/c1-4-5-6-7-8-9-10-11-12-13-21-14-15-23(27-21)24-18-19-26(29-24)25-17-16-22(28-25)20(2)3/h14-19H,2,4-13H2,1,3H3. The zero-order chi connectivity index (χ0) is 20.5. The number of hydrogen-bond donors (Lipinski definition) is 0. The van der Waals surface area contributed by atoms with Gasteiger partial charge in [-0.15, -0.1) is 34.0 Å². The van der Waals surface area contributed by atoms with E-state index in [0.29, 0.717) is 0 Å². The molecule has 0 nitrogen and oxygen atoms in total. The Morgan fingerprint density at radius 3 is 1.79 bits per heavy atom. The molecule has 29 heavy (non-hydrogen) atoms. The van der Waals surface area contributed by atoms with Crippen LogP contribution < -0.4 is 0 Å². The second-order valence-corrected chi connectivity index (χ2v) is 11.3. The van der Waals surface area contributed by atoms with Crippen molar-refractivity contribution in [1.82, 2.24) is 0 Å². The van der Waals surface area contributed by atoms with Crippen LogP contribution in [0.4, 0.5) is 0 Å². The first-order chi connectivity index (χ1) is 14.2. The van der Waals surface area contributed by atoms with Crippen molar-refractivity contribution in [3.8, 4) is 19.5 Å². The highest BCUT2D eigenvalue weighted by Crippen LogP contribution is 2.40. The summed E-state index contributed by atoms with van der Waals surface area (Å²) in [6.45, 7) is 8.43. The second kappa shape index (κ2) is 11.9. The van der Waals surface area contributed by atoms with E-state index in [-0.39, 0.29) is 0 Å². The van der Waals surface area contributed by atoms with Crippen LogP contribution in [-0.2, 0) is 6.42 Å². The lowest BCUT2D eigenvalue weighted by Gasteiger charge is -2.01. The van der Waals surface area contributed by atoms with Gasteiger partial charge in [0.25, 0.3) is 0 Å². The Bertz CT molecular complexity index is 877. The van der Waals surface area contributed by atoms with Crippen LogP contribution in [0, 0.1) is 0 Å². The zero-order valence-corrected chi connectivity index (χ0v) is 20.4. The van der Waals surface area contributed by atoms with Gasteiger partial charge >= 0.3 is 0 Å². The summed E-state index contributed by atoms with van der Waals surface area (Å²) < 4.78 is 0. The fraction of sp³-hybridized carbons (Fsp3) is 0.462. The summed E-state index contributed by atoms with van der Waals surface area (Å²) >= 11 is 5.74. The van der Waals surface area contributed by atoms with Crippen LogP contribution in [-0.4, -0.2) is 0 Å². The van der Waals surface area contributed by atoms with Gasteiger partial charge in [0.15, 0.2) is 0 Å². The maximum Gasteiger partial charge on any atom is 0.0449 e. The number of rotatable bonds is 13. The molecule has 0 amide bonds. The third kappa shape index (κ3) is 6.94. The van der Waals surface area contributed by atoms with Gasteiger partial charge in [0, 0.05) is 29.3 Å². The summed E-state index contributed by atoms with van der Waals surface area (Å²) in [6.07, 6.45) is 13.9. The Labute approximate surface area is 189 Å². The van der Waals surface area contributed by atoms with E-state index in [1.54, 1.807) is 4.88 Å². The molecular formula is C26H34S3.